The number of aliphatic hydroxyl groups is 1. The van der Waals surface area contributed by atoms with E-state index in [-0.39, 0.29) is 55.3 Å². The zero-order valence-corrected chi connectivity index (χ0v) is 34.4. The van der Waals surface area contributed by atoms with E-state index in [4.69, 9.17) is 21.1 Å². The van der Waals surface area contributed by atoms with Crippen molar-refractivity contribution >= 4 is 54.0 Å². The Kier molecular flexibility index (Phi) is 11.7. The lowest BCUT2D eigenvalue weighted by Gasteiger charge is -2.37. The second kappa shape index (κ2) is 16.7. The third-order valence-electron chi connectivity index (χ3n) is 11.7. The number of aliphatic hydroxyl groups excluding tert-OH is 1. The zero-order valence-electron chi connectivity index (χ0n) is 32.7. The van der Waals surface area contributed by atoms with Gasteiger partial charge >= 0.3 is 0 Å². The van der Waals surface area contributed by atoms with Crippen LogP contribution in [-0.4, -0.2) is 62.2 Å². The van der Waals surface area contributed by atoms with Crippen molar-refractivity contribution in [1.29, 1.82) is 0 Å². The highest BCUT2D eigenvalue weighted by molar-refractivity contribution is 6.91. The van der Waals surface area contributed by atoms with Crippen molar-refractivity contribution in [3.8, 4) is 5.75 Å². The lowest BCUT2D eigenvalue weighted by molar-refractivity contribution is -0.150. The summed E-state index contributed by atoms with van der Waals surface area (Å²) in [5.74, 6) is -0.215. The van der Waals surface area contributed by atoms with Gasteiger partial charge < -0.3 is 29.7 Å². The summed E-state index contributed by atoms with van der Waals surface area (Å²) in [5.41, 5.74) is 2.68. The average Bonchev–Trinajstić information content (AvgIpc) is 3.64. The summed E-state index contributed by atoms with van der Waals surface area (Å²) >= 11 is 6.72. The van der Waals surface area contributed by atoms with Crippen molar-refractivity contribution in [3.05, 3.63) is 155 Å². The van der Waals surface area contributed by atoms with Crippen molar-refractivity contribution in [1.82, 2.24) is 4.90 Å². The second-order valence-corrected chi connectivity index (χ2v) is 20.6. The maximum atomic E-state index is 15.3. The molecule has 2 N–H and O–H groups in total. The molecule has 294 valence electrons. The van der Waals surface area contributed by atoms with Gasteiger partial charge in [-0.2, -0.15) is 0 Å². The third kappa shape index (κ3) is 7.87. The molecule has 5 aromatic carbocycles. The molecule has 11 heteroatoms. The minimum Gasteiger partial charge on any atom is -0.497 e. The summed E-state index contributed by atoms with van der Waals surface area (Å²) in [6, 6.07) is 39.8. The Balaban J connectivity index is 1.25. The summed E-state index contributed by atoms with van der Waals surface area (Å²) in [6.07, 6.45) is -0.594. The number of nitrogens with one attached hydrogen (secondary N) is 1. The maximum absolute atomic E-state index is 15.3. The van der Waals surface area contributed by atoms with Gasteiger partial charge in [-0.1, -0.05) is 110 Å². The molecule has 2 aliphatic heterocycles. The number of rotatable bonds is 13. The molecule has 3 amide bonds. The van der Waals surface area contributed by atoms with Gasteiger partial charge in [0.05, 0.1) is 46.5 Å². The van der Waals surface area contributed by atoms with Crippen molar-refractivity contribution < 1.29 is 29.0 Å². The highest BCUT2D eigenvalue weighted by atomic mass is 35.5. The van der Waals surface area contributed by atoms with Gasteiger partial charge in [0, 0.05) is 40.8 Å². The van der Waals surface area contributed by atoms with Crippen molar-refractivity contribution in [2.45, 2.75) is 56.8 Å². The minimum absolute atomic E-state index is 0.0303. The van der Waals surface area contributed by atoms with Gasteiger partial charge in [-0.05, 0) is 71.3 Å². The van der Waals surface area contributed by atoms with Crippen LogP contribution in [0.3, 0.4) is 0 Å². The predicted octanol–water partition coefficient (Wildman–Crippen LogP) is 7.77. The number of amides is 3. The zero-order chi connectivity index (χ0) is 40.3. The van der Waals surface area contributed by atoms with E-state index in [1.807, 2.05) is 97.1 Å². The molecule has 0 aliphatic carbocycles. The molecule has 0 unspecified atom stereocenters. The molecule has 7 rings (SSSR count). The molecule has 0 saturated carbocycles. The molecule has 2 heterocycles. The van der Waals surface area contributed by atoms with Gasteiger partial charge in [0.15, 0.2) is 5.60 Å². The highest BCUT2D eigenvalue weighted by Crippen LogP contribution is 2.60. The predicted molar refractivity (Wildman–Crippen MR) is 227 cm³/mol. The Bertz CT molecular complexity index is 2240. The lowest BCUT2D eigenvalue weighted by Crippen LogP contribution is -2.52. The molecule has 2 aliphatic rings. The molecule has 9 nitrogen and oxygen atoms in total. The molecule has 0 aromatic heterocycles. The first-order valence-electron chi connectivity index (χ1n) is 19.3. The number of halogens is 1. The molecule has 1 spiro atoms. The topological polar surface area (TPSA) is 108 Å². The van der Waals surface area contributed by atoms with Crippen molar-refractivity contribution in [2.75, 3.05) is 30.5 Å². The summed E-state index contributed by atoms with van der Waals surface area (Å²) in [6.45, 7) is 7.17. The van der Waals surface area contributed by atoms with Gasteiger partial charge in [0.25, 0.3) is 11.8 Å². The average molecular weight is 802 g/mol. The van der Waals surface area contributed by atoms with Crippen LogP contribution in [0.15, 0.2) is 127 Å². The molecule has 0 radical (unpaired) electrons. The van der Waals surface area contributed by atoms with Crippen LogP contribution < -0.4 is 20.1 Å². The molecule has 0 bridgehead atoms. The monoisotopic (exact) mass is 801 g/mol. The van der Waals surface area contributed by atoms with Crippen LogP contribution in [0, 0.1) is 5.92 Å². The quantitative estimate of drug-likeness (QED) is 0.118. The number of fused-ring (bicyclic) bond motifs is 2. The molecule has 1 fully saturated rings. The summed E-state index contributed by atoms with van der Waals surface area (Å²) in [5, 5.41) is 14.6. The molecule has 1 saturated heterocycles. The fourth-order valence-corrected chi connectivity index (χ4v) is 13.1. The number of hydrogen-bond acceptors (Lipinski definition) is 6. The molecular formula is C46H48ClN3O6Si. The van der Waals surface area contributed by atoms with Gasteiger partial charge in [-0.25, -0.2) is 0 Å². The molecule has 4 atom stereocenters. The number of benzene rings is 5. The number of anilines is 2. The fraction of sp³-hybridized carbons (Fsp3) is 0.283. The SMILES string of the molecule is COc1ccc([Si](C)(C)[C@H]2[C@H](CC(=O)N(CCO)Cc3ccccc3)O[C@@]3(C(=O)N(Cc4cccc(NC(=O)c5ccccc5)c4)c4ccc(Cl)cc43)[C@@H]2C)cc1. The van der Waals surface area contributed by atoms with Crippen molar-refractivity contribution in [2.24, 2.45) is 5.92 Å². The second-order valence-electron chi connectivity index (χ2n) is 15.5. The van der Waals surface area contributed by atoms with Crippen LogP contribution in [0.25, 0.3) is 0 Å². The number of carbonyl (C=O) groups is 3. The molecular weight excluding hydrogens is 754 g/mol. The smallest absolute Gasteiger partial charge is 0.264 e. The highest BCUT2D eigenvalue weighted by Gasteiger charge is 2.66. The van der Waals surface area contributed by atoms with E-state index in [1.54, 1.807) is 35.1 Å². The van der Waals surface area contributed by atoms with Crippen LogP contribution in [0.4, 0.5) is 11.4 Å². The Morgan fingerprint density at radius 3 is 2.28 bits per heavy atom. The normalized spacial score (nSPS) is 20.1. The number of carbonyl (C=O) groups excluding carboxylic acids is 3. The largest absolute Gasteiger partial charge is 0.497 e. The van der Waals surface area contributed by atoms with Gasteiger partial charge in [-0.15, -0.1) is 0 Å². The standard InChI is InChI=1S/C46H48ClN3O6Si/c1-31-43(57(3,4)38-21-19-37(55-2)20-22-38)41(28-42(52)49(24-25-51)29-32-12-7-5-8-13-32)56-46(31)39-27-35(47)18-23-40(39)50(45(46)54)30-33-14-11-17-36(26-33)48-44(53)34-15-9-6-10-16-34/h5-23,26-27,31,41,43,51H,24-25,28-30H2,1-4H3,(H,48,53)/t31-,41+,43-,46+/m1/s1. The molecule has 5 aromatic rings. The van der Waals surface area contributed by atoms with Gasteiger partial charge in [0.1, 0.15) is 5.75 Å². The lowest BCUT2D eigenvalue weighted by atomic mass is 9.82. The van der Waals surface area contributed by atoms with E-state index in [0.29, 0.717) is 34.1 Å². The van der Waals surface area contributed by atoms with Crippen LogP contribution >= 0.6 is 11.6 Å². The van der Waals surface area contributed by atoms with Crippen molar-refractivity contribution in [3.63, 3.8) is 0 Å². The number of methoxy groups -OCH3 is 1. The Morgan fingerprint density at radius 2 is 1.60 bits per heavy atom. The van der Waals surface area contributed by atoms with E-state index < -0.39 is 19.8 Å². The first-order chi connectivity index (χ1) is 27.5. The summed E-state index contributed by atoms with van der Waals surface area (Å²) in [4.78, 5) is 46.1. The van der Waals surface area contributed by atoms with E-state index in [9.17, 15) is 14.7 Å². The fourth-order valence-electron chi connectivity index (χ4n) is 8.88. The Morgan fingerprint density at radius 1 is 0.912 bits per heavy atom. The Hall–Kier alpha value is -5.26. The van der Waals surface area contributed by atoms with E-state index >= 15 is 4.79 Å². The third-order valence-corrected chi connectivity index (χ3v) is 16.3. The van der Waals surface area contributed by atoms with Gasteiger partial charge in [-0.3, -0.25) is 14.4 Å². The van der Waals surface area contributed by atoms with Crippen LogP contribution in [0.1, 0.15) is 40.4 Å². The van der Waals surface area contributed by atoms with Gasteiger partial charge in [0.2, 0.25) is 5.91 Å². The summed E-state index contributed by atoms with van der Waals surface area (Å²) < 4.78 is 12.7. The van der Waals surface area contributed by atoms with Crippen LogP contribution in [0.2, 0.25) is 23.7 Å². The Labute approximate surface area is 340 Å². The maximum Gasteiger partial charge on any atom is 0.264 e. The molecule has 57 heavy (non-hydrogen) atoms. The number of ether oxygens (including phenoxy) is 2. The van der Waals surface area contributed by atoms with E-state index in [2.05, 4.69) is 37.5 Å². The van der Waals surface area contributed by atoms with Crippen LogP contribution in [0.5, 0.6) is 5.75 Å². The first kappa shape index (κ1) is 40.0. The minimum atomic E-state index is -2.55. The number of hydrogen-bond donors (Lipinski definition) is 2. The van der Waals surface area contributed by atoms with E-state index in [1.165, 1.54) is 0 Å². The van der Waals surface area contributed by atoms with E-state index in [0.717, 1.165) is 22.1 Å². The number of nitrogens with zero attached hydrogens (tertiary/aromatic N) is 2. The first-order valence-corrected chi connectivity index (χ1v) is 22.7. The summed E-state index contributed by atoms with van der Waals surface area (Å²) in [7, 11) is -0.913. The van der Waals surface area contributed by atoms with Crippen LogP contribution in [-0.2, 0) is 33.0 Å².